The molecule has 1 N–H and O–H groups in total. The number of allylic oxidation sites excluding steroid dienone is 1. The van der Waals surface area contributed by atoms with Crippen LogP contribution in [0.4, 0.5) is 0 Å². The van der Waals surface area contributed by atoms with Crippen LogP contribution in [-0.4, -0.2) is 23.7 Å². The predicted octanol–water partition coefficient (Wildman–Crippen LogP) is 2.24. The van der Waals surface area contributed by atoms with Gasteiger partial charge in [-0.25, -0.2) is 0 Å². The van der Waals surface area contributed by atoms with Gasteiger partial charge >= 0.3 is 11.9 Å². The zero-order valence-corrected chi connectivity index (χ0v) is 10.2. The van der Waals surface area contributed by atoms with E-state index in [0.29, 0.717) is 6.42 Å². The summed E-state index contributed by atoms with van der Waals surface area (Å²) in [5.41, 5.74) is -1.45. The summed E-state index contributed by atoms with van der Waals surface area (Å²) < 4.78 is 4.87. The van der Waals surface area contributed by atoms with Crippen LogP contribution in [0.15, 0.2) is 12.7 Å². The lowest BCUT2D eigenvalue weighted by Crippen LogP contribution is -2.45. The Kier molecular flexibility index (Phi) is 5.78. The van der Waals surface area contributed by atoms with Crippen molar-refractivity contribution in [1.82, 2.24) is 0 Å². The van der Waals surface area contributed by atoms with Crippen molar-refractivity contribution in [2.45, 2.75) is 33.6 Å². The highest BCUT2D eigenvalue weighted by atomic mass is 16.5. The monoisotopic (exact) mass is 228 g/mol. The molecule has 0 bridgehead atoms. The van der Waals surface area contributed by atoms with E-state index in [2.05, 4.69) is 6.58 Å². The second kappa shape index (κ2) is 6.30. The van der Waals surface area contributed by atoms with Crippen LogP contribution < -0.4 is 0 Å². The minimum Gasteiger partial charge on any atom is -0.480 e. The molecule has 0 radical (unpaired) electrons. The smallest absolute Gasteiger partial charge is 0.323 e. The Balaban J connectivity index is 5.16. The molecule has 4 heteroatoms. The summed E-state index contributed by atoms with van der Waals surface area (Å²) in [5, 5.41) is 9.28. The molecular formula is C12H20O4. The van der Waals surface area contributed by atoms with E-state index in [4.69, 9.17) is 4.74 Å². The molecule has 0 saturated heterocycles. The van der Waals surface area contributed by atoms with Gasteiger partial charge in [0.1, 0.15) is 0 Å². The fraction of sp³-hybridized carbons (Fsp3) is 0.667. The lowest BCUT2D eigenvalue weighted by atomic mass is 9.73. The maximum absolute atomic E-state index is 11.8. The van der Waals surface area contributed by atoms with E-state index < -0.39 is 17.4 Å². The van der Waals surface area contributed by atoms with Gasteiger partial charge in [-0.3, -0.25) is 9.59 Å². The SMILES string of the molecule is C=CCCC(C(=O)O)(C(=O)OCC)C(C)C. The minimum absolute atomic E-state index is 0.189. The van der Waals surface area contributed by atoms with Crippen LogP contribution in [-0.2, 0) is 14.3 Å². The predicted molar refractivity (Wildman–Crippen MR) is 61.0 cm³/mol. The van der Waals surface area contributed by atoms with Crippen molar-refractivity contribution >= 4 is 11.9 Å². The highest BCUT2D eigenvalue weighted by Crippen LogP contribution is 2.35. The van der Waals surface area contributed by atoms with Crippen molar-refractivity contribution in [3.63, 3.8) is 0 Å². The summed E-state index contributed by atoms with van der Waals surface area (Å²) in [5.74, 6) is -2.09. The third-order valence-electron chi connectivity index (χ3n) is 2.75. The Morgan fingerprint density at radius 1 is 1.50 bits per heavy atom. The number of rotatable bonds is 7. The summed E-state index contributed by atoms with van der Waals surface area (Å²) in [6, 6.07) is 0. The highest BCUT2D eigenvalue weighted by Gasteiger charge is 2.49. The van der Waals surface area contributed by atoms with Gasteiger partial charge in [0.05, 0.1) is 6.61 Å². The molecule has 92 valence electrons. The van der Waals surface area contributed by atoms with Crippen LogP contribution in [0.5, 0.6) is 0 Å². The number of hydrogen-bond acceptors (Lipinski definition) is 3. The van der Waals surface area contributed by atoms with E-state index in [-0.39, 0.29) is 18.9 Å². The summed E-state index contributed by atoms with van der Waals surface area (Å²) in [4.78, 5) is 23.2. The lowest BCUT2D eigenvalue weighted by Gasteiger charge is -2.30. The van der Waals surface area contributed by atoms with Crippen molar-refractivity contribution in [1.29, 1.82) is 0 Å². The number of carbonyl (C=O) groups excluding carboxylic acids is 1. The Bertz CT molecular complexity index is 270. The molecule has 0 aliphatic carbocycles. The van der Waals surface area contributed by atoms with Gasteiger partial charge in [0.15, 0.2) is 5.41 Å². The summed E-state index contributed by atoms with van der Waals surface area (Å²) in [7, 11) is 0. The van der Waals surface area contributed by atoms with Crippen molar-refractivity contribution in [2.24, 2.45) is 11.3 Å². The largest absolute Gasteiger partial charge is 0.480 e. The number of carboxylic acids is 1. The number of aliphatic carboxylic acids is 1. The van der Waals surface area contributed by atoms with Crippen molar-refractivity contribution < 1.29 is 19.4 Å². The fourth-order valence-corrected chi connectivity index (χ4v) is 1.66. The standard InChI is InChI=1S/C12H20O4/c1-5-7-8-12(9(3)4,10(13)14)11(15)16-6-2/h5,9H,1,6-8H2,2-4H3,(H,13,14). The van der Waals surface area contributed by atoms with E-state index in [9.17, 15) is 14.7 Å². The zero-order valence-electron chi connectivity index (χ0n) is 10.2. The maximum atomic E-state index is 11.8. The quantitative estimate of drug-likeness (QED) is 0.412. The Hall–Kier alpha value is -1.32. The number of hydrogen-bond donors (Lipinski definition) is 1. The number of esters is 1. The van der Waals surface area contributed by atoms with Gasteiger partial charge in [-0.2, -0.15) is 0 Å². The molecular weight excluding hydrogens is 208 g/mol. The average molecular weight is 228 g/mol. The lowest BCUT2D eigenvalue weighted by molar-refractivity contribution is -0.173. The van der Waals surface area contributed by atoms with Crippen LogP contribution in [0.3, 0.4) is 0 Å². The molecule has 0 rings (SSSR count). The van der Waals surface area contributed by atoms with Crippen molar-refractivity contribution in [3.05, 3.63) is 12.7 Å². The second-order valence-corrected chi connectivity index (χ2v) is 3.98. The molecule has 0 aliphatic rings. The minimum atomic E-state index is -1.45. The topological polar surface area (TPSA) is 63.6 Å². The van der Waals surface area contributed by atoms with E-state index in [0.717, 1.165) is 0 Å². The van der Waals surface area contributed by atoms with Gasteiger partial charge in [0.2, 0.25) is 0 Å². The van der Waals surface area contributed by atoms with Crippen molar-refractivity contribution in [2.75, 3.05) is 6.61 Å². The van der Waals surface area contributed by atoms with Crippen molar-refractivity contribution in [3.8, 4) is 0 Å². The molecule has 0 amide bonds. The zero-order chi connectivity index (χ0) is 12.8. The summed E-state index contributed by atoms with van der Waals surface area (Å²) >= 11 is 0. The maximum Gasteiger partial charge on any atom is 0.323 e. The molecule has 4 nitrogen and oxygen atoms in total. The first-order valence-corrected chi connectivity index (χ1v) is 5.45. The third-order valence-corrected chi connectivity index (χ3v) is 2.75. The first-order valence-electron chi connectivity index (χ1n) is 5.45. The van der Waals surface area contributed by atoms with Gasteiger partial charge < -0.3 is 9.84 Å². The number of ether oxygens (including phenoxy) is 1. The normalized spacial score (nSPS) is 14.2. The number of carboxylic acid groups (broad SMARTS) is 1. The van der Waals surface area contributed by atoms with Crippen LogP contribution >= 0.6 is 0 Å². The van der Waals surface area contributed by atoms with Crippen LogP contribution in [0, 0.1) is 11.3 Å². The van der Waals surface area contributed by atoms with E-state index in [1.54, 1.807) is 26.8 Å². The Morgan fingerprint density at radius 2 is 2.06 bits per heavy atom. The van der Waals surface area contributed by atoms with E-state index in [1.165, 1.54) is 0 Å². The third kappa shape index (κ3) is 2.84. The molecule has 0 aliphatic heterocycles. The van der Waals surface area contributed by atoms with Crippen LogP contribution in [0.2, 0.25) is 0 Å². The van der Waals surface area contributed by atoms with Gasteiger partial charge in [-0.05, 0) is 25.7 Å². The molecule has 1 unspecified atom stereocenters. The molecule has 0 fully saturated rings. The first-order chi connectivity index (χ1) is 7.43. The highest BCUT2D eigenvalue weighted by molar-refractivity contribution is 5.99. The van der Waals surface area contributed by atoms with Crippen LogP contribution in [0.1, 0.15) is 33.6 Å². The van der Waals surface area contributed by atoms with E-state index in [1.807, 2.05) is 0 Å². The summed E-state index contributed by atoms with van der Waals surface area (Å²) in [6.07, 6.45) is 2.31. The Morgan fingerprint density at radius 3 is 2.38 bits per heavy atom. The van der Waals surface area contributed by atoms with Gasteiger partial charge in [0, 0.05) is 0 Å². The van der Waals surface area contributed by atoms with E-state index >= 15 is 0 Å². The van der Waals surface area contributed by atoms with Crippen LogP contribution in [0.25, 0.3) is 0 Å². The molecule has 0 aromatic heterocycles. The summed E-state index contributed by atoms with van der Waals surface area (Å²) in [6.45, 7) is 8.83. The molecule has 0 aromatic carbocycles. The average Bonchev–Trinajstić information content (AvgIpc) is 2.18. The molecule has 0 heterocycles. The molecule has 0 aromatic rings. The fourth-order valence-electron chi connectivity index (χ4n) is 1.66. The first kappa shape index (κ1) is 14.7. The number of carbonyl (C=O) groups is 2. The van der Waals surface area contributed by atoms with Gasteiger partial charge in [-0.1, -0.05) is 19.9 Å². The molecule has 1 atom stereocenters. The Labute approximate surface area is 96.3 Å². The molecule has 0 spiro atoms. The van der Waals surface area contributed by atoms with Gasteiger partial charge in [-0.15, -0.1) is 6.58 Å². The second-order valence-electron chi connectivity index (χ2n) is 3.98. The van der Waals surface area contributed by atoms with Gasteiger partial charge in [0.25, 0.3) is 0 Å². The molecule has 0 saturated carbocycles. The molecule has 16 heavy (non-hydrogen) atoms.